The van der Waals surface area contributed by atoms with Crippen molar-refractivity contribution in [3.63, 3.8) is 0 Å². The quantitative estimate of drug-likeness (QED) is 0.863. The molecule has 0 radical (unpaired) electrons. The number of rotatable bonds is 2. The highest BCUT2D eigenvalue weighted by Gasteiger charge is 2.50. The zero-order valence-electron chi connectivity index (χ0n) is 10.9. The van der Waals surface area contributed by atoms with E-state index in [-0.39, 0.29) is 5.41 Å². The molecule has 1 aromatic rings. The second-order valence-electron chi connectivity index (χ2n) is 5.34. The molecule has 0 aliphatic carbocycles. The minimum absolute atomic E-state index is 0.288. The SMILES string of the molecule is CCCN1C(=O)[C@]2(CCCNC2)c2ccccc21. The molecular formula is C15H20N2O. The molecule has 1 spiro atoms. The smallest absolute Gasteiger partial charge is 0.239 e. The van der Waals surface area contributed by atoms with Crippen molar-refractivity contribution >= 4 is 11.6 Å². The molecule has 0 unspecified atom stereocenters. The molecule has 1 amide bonds. The predicted octanol–water partition coefficient (Wildman–Crippen LogP) is 2.06. The third-order valence-corrected chi connectivity index (χ3v) is 4.20. The maximum Gasteiger partial charge on any atom is 0.239 e. The van der Waals surface area contributed by atoms with Gasteiger partial charge in [0, 0.05) is 18.8 Å². The molecule has 2 aliphatic rings. The maximum absolute atomic E-state index is 12.8. The van der Waals surface area contributed by atoms with E-state index in [1.165, 1.54) is 5.56 Å². The van der Waals surface area contributed by atoms with Gasteiger partial charge in [0.15, 0.2) is 0 Å². The molecule has 1 aromatic carbocycles. The van der Waals surface area contributed by atoms with Gasteiger partial charge in [-0.1, -0.05) is 25.1 Å². The number of nitrogens with one attached hydrogen (secondary N) is 1. The standard InChI is InChI=1S/C15H20N2O/c1-2-10-17-13-7-4-3-6-12(13)15(14(17)18)8-5-9-16-11-15/h3-4,6-7,16H,2,5,8-11H2,1H3/t15-/m0/s1. The van der Waals surface area contributed by atoms with Crippen molar-refractivity contribution in [2.24, 2.45) is 0 Å². The lowest BCUT2D eigenvalue weighted by Crippen LogP contribution is -2.50. The van der Waals surface area contributed by atoms with Crippen LogP contribution in [0.2, 0.25) is 0 Å². The summed E-state index contributed by atoms with van der Waals surface area (Å²) in [5.41, 5.74) is 2.08. The fourth-order valence-electron chi connectivity index (χ4n) is 3.36. The van der Waals surface area contributed by atoms with Crippen LogP contribution in [-0.2, 0) is 10.2 Å². The van der Waals surface area contributed by atoms with Gasteiger partial charge in [0.2, 0.25) is 5.91 Å². The largest absolute Gasteiger partial charge is 0.315 e. The zero-order chi connectivity index (χ0) is 12.6. The second kappa shape index (κ2) is 4.39. The van der Waals surface area contributed by atoms with Crippen molar-refractivity contribution in [3.8, 4) is 0 Å². The molecule has 96 valence electrons. The van der Waals surface area contributed by atoms with Gasteiger partial charge in [-0.2, -0.15) is 0 Å². The van der Waals surface area contributed by atoms with Crippen LogP contribution in [0.4, 0.5) is 5.69 Å². The van der Waals surface area contributed by atoms with Gasteiger partial charge < -0.3 is 10.2 Å². The van der Waals surface area contributed by atoms with Crippen LogP contribution in [0.25, 0.3) is 0 Å². The fourth-order valence-corrected chi connectivity index (χ4v) is 3.36. The van der Waals surface area contributed by atoms with Crippen LogP contribution in [0.1, 0.15) is 31.7 Å². The van der Waals surface area contributed by atoms with E-state index in [9.17, 15) is 4.79 Å². The van der Waals surface area contributed by atoms with E-state index in [0.29, 0.717) is 5.91 Å². The van der Waals surface area contributed by atoms with Crippen molar-refractivity contribution in [3.05, 3.63) is 29.8 Å². The van der Waals surface area contributed by atoms with E-state index in [4.69, 9.17) is 0 Å². The Morgan fingerprint density at radius 1 is 1.39 bits per heavy atom. The first kappa shape index (κ1) is 11.7. The summed E-state index contributed by atoms with van der Waals surface area (Å²) in [7, 11) is 0. The summed E-state index contributed by atoms with van der Waals surface area (Å²) in [6, 6.07) is 8.31. The third-order valence-electron chi connectivity index (χ3n) is 4.20. The molecule has 3 nitrogen and oxygen atoms in total. The van der Waals surface area contributed by atoms with Crippen LogP contribution in [-0.4, -0.2) is 25.5 Å². The number of para-hydroxylation sites is 1. The zero-order valence-corrected chi connectivity index (χ0v) is 10.9. The number of carbonyl (C=O) groups is 1. The van der Waals surface area contributed by atoms with Crippen LogP contribution in [0.3, 0.4) is 0 Å². The first-order valence-corrected chi connectivity index (χ1v) is 6.92. The van der Waals surface area contributed by atoms with E-state index in [2.05, 4.69) is 30.4 Å². The Morgan fingerprint density at radius 2 is 2.22 bits per heavy atom. The van der Waals surface area contributed by atoms with Crippen LogP contribution in [0.5, 0.6) is 0 Å². The van der Waals surface area contributed by atoms with Crippen LogP contribution in [0.15, 0.2) is 24.3 Å². The Morgan fingerprint density at radius 3 is 2.94 bits per heavy atom. The van der Waals surface area contributed by atoms with Crippen molar-refractivity contribution in [1.29, 1.82) is 0 Å². The normalized spacial score (nSPS) is 26.7. The summed E-state index contributed by atoms with van der Waals surface area (Å²) in [4.78, 5) is 14.8. The topological polar surface area (TPSA) is 32.3 Å². The molecule has 0 aromatic heterocycles. The summed E-state index contributed by atoms with van der Waals surface area (Å²) in [5, 5.41) is 3.40. The molecule has 3 heteroatoms. The number of nitrogens with zero attached hydrogens (tertiary/aromatic N) is 1. The third kappa shape index (κ3) is 1.50. The predicted molar refractivity (Wildman–Crippen MR) is 72.9 cm³/mol. The minimum atomic E-state index is -0.288. The summed E-state index contributed by atoms with van der Waals surface area (Å²) in [6.45, 7) is 4.78. The number of piperidine rings is 1. The van der Waals surface area contributed by atoms with Crippen molar-refractivity contribution in [2.75, 3.05) is 24.5 Å². The van der Waals surface area contributed by atoms with E-state index < -0.39 is 0 Å². The van der Waals surface area contributed by atoms with Gasteiger partial charge in [-0.15, -0.1) is 0 Å². The number of hydrogen-bond donors (Lipinski definition) is 1. The molecular weight excluding hydrogens is 224 g/mol. The highest BCUT2D eigenvalue weighted by molar-refractivity contribution is 6.08. The van der Waals surface area contributed by atoms with Gasteiger partial charge in [-0.05, 0) is 37.4 Å². The number of carbonyl (C=O) groups excluding carboxylic acids is 1. The summed E-state index contributed by atoms with van der Waals surface area (Å²) < 4.78 is 0. The highest BCUT2D eigenvalue weighted by atomic mass is 16.2. The average molecular weight is 244 g/mol. The number of benzene rings is 1. The second-order valence-corrected chi connectivity index (χ2v) is 5.34. The molecule has 1 fully saturated rings. The molecule has 18 heavy (non-hydrogen) atoms. The molecule has 1 saturated heterocycles. The van der Waals surface area contributed by atoms with Crippen molar-refractivity contribution < 1.29 is 4.79 Å². The summed E-state index contributed by atoms with van der Waals surface area (Å²) >= 11 is 0. The first-order valence-electron chi connectivity index (χ1n) is 6.92. The fraction of sp³-hybridized carbons (Fsp3) is 0.533. The minimum Gasteiger partial charge on any atom is -0.315 e. The lowest BCUT2D eigenvalue weighted by molar-refractivity contribution is -0.123. The Kier molecular flexibility index (Phi) is 2.86. The maximum atomic E-state index is 12.8. The van der Waals surface area contributed by atoms with E-state index in [0.717, 1.165) is 44.6 Å². The molecule has 1 atom stereocenters. The lowest BCUT2D eigenvalue weighted by atomic mass is 9.76. The van der Waals surface area contributed by atoms with Gasteiger partial charge in [0.05, 0.1) is 5.41 Å². The van der Waals surface area contributed by atoms with Gasteiger partial charge in [0.25, 0.3) is 0 Å². The Labute approximate surface area is 108 Å². The van der Waals surface area contributed by atoms with Crippen LogP contribution >= 0.6 is 0 Å². The van der Waals surface area contributed by atoms with E-state index >= 15 is 0 Å². The number of amides is 1. The highest BCUT2D eigenvalue weighted by Crippen LogP contribution is 2.45. The monoisotopic (exact) mass is 244 g/mol. The summed E-state index contributed by atoms with van der Waals surface area (Å²) in [5.74, 6) is 0.303. The Balaban J connectivity index is 2.08. The molecule has 2 heterocycles. The van der Waals surface area contributed by atoms with Crippen LogP contribution < -0.4 is 10.2 Å². The van der Waals surface area contributed by atoms with Crippen LogP contribution in [0, 0.1) is 0 Å². The van der Waals surface area contributed by atoms with Gasteiger partial charge in [-0.3, -0.25) is 4.79 Å². The van der Waals surface area contributed by atoms with E-state index in [1.807, 2.05) is 11.0 Å². The molecule has 0 bridgehead atoms. The summed E-state index contributed by atoms with van der Waals surface area (Å²) in [6.07, 6.45) is 3.07. The Bertz CT molecular complexity index is 463. The van der Waals surface area contributed by atoms with Gasteiger partial charge in [0.1, 0.15) is 0 Å². The molecule has 1 N–H and O–H groups in total. The van der Waals surface area contributed by atoms with Gasteiger partial charge in [-0.25, -0.2) is 0 Å². The van der Waals surface area contributed by atoms with E-state index in [1.54, 1.807) is 0 Å². The first-order chi connectivity index (χ1) is 8.79. The van der Waals surface area contributed by atoms with Crippen molar-refractivity contribution in [2.45, 2.75) is 31.6 Å². The average Bonchev–Trinajstić information content (AvgIpc) is 2.64. The Hall–Kier alpha value is -1.35. The molecule has 0 saturated carbocycles. The number of fused-ring (bicyclic) bond motifs is 2. The number of anilines is 1. The molecule has 3 rings (SSSR count). The van der Waals surface area contributed by atoms with Crippen molar-refractivity contribution in [1.82, 2.24) is 5.32 Å². The number of hydrogen-bond acceptors (Lipinski definition) is 2. The molecule has 2 aliphatic heterocycles. The van der Waals surface area contributed by atoms with Gasteiger partial charge >= 0.3 is 0 Å². The lowest BCUT2D eigenvalue weighted by Gasteiger charge is -2.33.